The number of carbonyl (C=O) groups excluding carboxylic acids is 2. The van der Waals surface area contributed by atoms with Gasteiger partial charge in [-0.05, 0) is 42.5 Å². The van der Waals surface area contributed by atoms with Crippen molar-refractivity contribution in [1.29, 1.82) is 5.26 Å². The predicted molar refractivity (Wildman–Crippen MR) is 82.8 cm³/mol. The molecule has 0 aromatic heterocycles. The first-order valence-corrected chi connectivity index (χ1v) is 7.07. The van der Waals surface area contributed by atoms with Crippen LogP contribution in [0.1, 0.15) is 22.3 Å². The van der Waals surface area contributed by atoms with Gasteiger partial charge in [0, 0.05) is 15.6 Å². The molecule has 0 unspecified atom stereocenters. The van der Waals surface area contributed by atoms with E-state index in [1.54, 1.807) is 24.3 Å². The first-order valence-electron chi connectivity index (χ1n) is 6.28. The molecule has 4 nitrogen and oxygen atoms in total. The van der Waals surface area contributed by atoms with Gasteiger partial charge in [-0.15, -0.1) is 0 Å². The Morgan fingerprint density at radius 2 is 1.86 bits per heavy atom. The largest absolute Gasteiger partial charge is 0.325 e. The van der Waals surface area contributed by atoms with Crippen molar-refractivity contribution in [2.75, 3.05) is 5.32 Å². The zero-order chi connectivity index (χ0) is 16.1. The standard InChI is InChI=1S/C16H10BrFN2O2/c17-11-3-6-14(20-15(21)7-8-19)13(9-11)16(22)10-1-4-12(18)5-2-10/h1-6,9H,7H2,(H,20,21). The summed E-state index contributed by atoms with van der Waals surface area (Å²) in [5.74, 6) is -1.29. The van der Waals surface area contributed by atoms with Gasteiger partial charge in [-0.3, -0.25) is 9.59 Å². The van der Waals surface area contributed by atoms with Crippen LogP contribution in [-0.2, 0) is 4.79 Å². The normalized spacial score (nSPS) is 9.86. The number of hydrogen-bond donors (Lipinski definition) is 1. The average Bonchev–Trinajstić information content (AvgIpc) is 2.49. The van der Waals surface area contributed by atoms with Crippen molar-refractivity contribution in [2.45, 2.75) is 6.42 Å². The van der Waals surface area contributed by atoms with E-state index in [4.69, 9.17) is 5.26 Å². The van der Waals surface area contributed by atoms with Crippen molar-refractivity contribution < 1.29 is 14.0 Å². The van der Waals surface area contributed by atoms with Gasteiger partial charge in [-0.25, -0.2) is 4.39 Å². The van der Waals surface area contributed by atoms with Gasteiger partial charge in [0.15, 0.2) is 5.78 Å². The molecule has 2 rings (SSSR count). The van der Waals surface area contributed by atoms with E-state index in [0.717, 1.165) is 0 Å². The monoisotopic (exact) mass is 360 g/mol. The summed E-state index contributed by atoms with van der Waals surface area (Å²) in [6, 6.07) is 11.7. The molecular weight excluding hydrogens is 351 g/mol. The van der Waals surface area contributed by atoms with E-state index in [9.17, 15) is 14.0 Å². The molecule has 2 aromatic carbocycles. The summed E-state index contributed by atoms with van der Waals surface area (Å²) in [6.45, 7) is 0. The molecule has 0 aliphatic heterocycles. The number of halogens is 2. The van der Waals surface area contributed by atoms with Crippen molar-refractivity contribution in [1.82, 2.24) is 0 Å². The highest BCUT2D eigenvalue weighted by Crippen LogP contribution is 2.24. The SMILES string of the molecule is N#CCC(=O)Nc1ccc(Br)cc1C(=O)c1ccc(F)cc1. The molecule has 2 aromatic rings. The minimum Gasteiger partial charge on any atom is -0.325 e. The molecule has 0 spiro atoms. The molecule has 0 heterocycles. The van der Waals surface area contributed by atoms with Crippen molar-refractivity contribution in [3.8, 4) is 6.07 Å². The van der Waals surface area contributed by atoms with Crippen molar-refractivity contribution in [3.05, 3.63) is 63.9 Å². The Labute approximate surface area is 134 Å². The van der Waals surface area contributed by atoms with Crippen LogP contribution < -0.4 is 5.32 Å². The lowest BCUT2D eigenvalue weighted by Gasteiger charge is -2.10. The summed E-state index contributed by atoms with van der Waals surface area (Å²) in [7, 11) is 0. The van der Waals surface area contributed by atoms with Gasteiger partial charge in [0.05, 0.1) is 11.8 Å². The van der Waals surface area contributed by atoms with Gasteiger partial charge in [0.25, 0.3) is 0 Å². The Morgan fingerprint density at radius 1 is 1.18 bits per heavy atom. The van der Waals surface area contributed by atoms with Crippen LogP contribution in [0.4, 0.5) is 10.1 Å². The van der Waals surface area contributed by atoms with E-state index in [1.165, 1.54) is 24.3 Å². The van der Waals surface area contributed by atoms with Crippen LogP contribution in [0.25, 0.3) is 0 Å². The summed E-state index contributed by atoms with van der Waals surface area (Å²) in [5, 5.41) is 11.0. The van der Waals surface area contributed by atoms with Crippen LogP contribution >= 0.6 is 15.9 Å². The quantitative estimate of drug-likeness (QED) is 0.845. The Kier molecular flexibility index (Phi) is 5.02. The van der Waals surface area contributed by atoms with Crippen LogP contribution in [0, 0.1) is 17.1 Å². The Bertz CT molecular complexity index is 767. The van der Waals surface area contributed by atoms with Gasteiger partial charge < -0.3 is 5.32 Å². The Hall–Kier alpha value is -2.52. The maximum absolute atomic E-state index is 12.9. The van der Waals surface area contributed by atoms with Crippen LogP contribution in [0.3, 0.4) is 0 Å². The van der Waals surface area contributed by atoms with E-state index in [0.29, 0.717) is 15.7 Å². The number of anilines is 1. The molecule has 0 fully saturated rings. The molecule has 0 bridgehead atoms. The first-order chi connectivity index (χ1) is 10.5. The molecule has 0 atom stereocenters. The number of nitriles is 1. The lowest BCUT2D eigenvalue weighted by Crippen LogP contribution is -2.14. The number of nitrogens with zero attached hydrogens (tertiary/aromatic N) is 1. The lowest BCUT2D eigenvalue weighted by atomic mass is 10.0. The third-order valence-corrected chi connectivity index (χ3v) is 3.34. The highest BCUT2D eigenvalue weighted by atomic mass is 79.9. The van der Waals surface area contributed by atoms with Gasteiger partial charge in [0.1, 0.15) is 12.2 Å². The molecule has 1 N–H and O–H groups in total. The number of ketones is 1. The van der Waals surface area contributed by atoms with E-state index >= 15 is 0 Å². The number of carbonyl (C=O) groups is 2. The molecule has 0 saturated heterocycles. The summed E-state index contributed by atoms with van der Waals surface area (Å²) in [6.07, 6.45) is -0.305. The Balaban J connectivity index is 2.38. The third kappa shape index (κ3) is 3.77. The summed E-state index contributed by atoms with van der Waals surface area (Å²) >= 11 is 3.27. The van der Waals surface area contributed by atoms with Crippen molar-refractivity contribution in [3.63, 3.8) is 0 Å². The lowest BCUT2D eigenvalue weighted by molar-refractivity contribution is -0.115. The van der Waals surface area contributed by atoms with Crippen LogP contribution in [0.15, 0.2) is 46.9 Å². The van der Waals surface area contributed by atoms with Crippen LogP contribution in [0.5, 0.6) is 0 Å². The topological polar surface area (TPSA) is 70.0 Å². The van der Waals surface area contributed by atoms with E-state index in [-0.39, 0.29) is 17.8 Å². The summed E-state index contributed by atoms with van der Waals surface area (Å²) in [4.78, 5) is 24.1. The molecule has 0 aliphatic rings. The second-order valence-electron chi connectivity index (χ2n) is 4.41. The minimum atomic E-state index is -0.502. The van der Waals surface area contributed by atoms with Gasteiger partial charge in [-0.2, -0.15) is 5.26 Å². The van der Waals surface area contributed by atoms with Crippen molar-refractivity contribution >= 4 is 33.3 Å². The average molecular weight is 361 g/mol. The maximum atomic E-state index is 12.9. The molecule has 22 heavy (non-hydrogen) atoms. The zero-order valence-electron chi connectivity index (χ0n) is 11.3. The molecule has 1 amide bonds. The maximum Gasteiger partial charge on any atom is 0.238 e. The predicted octanol–water partition coefficient (Wildman–Crippen LogP) is 3.67. The van der Waals surface area contributed by atoms with Gasteiger partial charge in [0.2, 0.25) is 5.91 Å². The van der Waals surface area contributed by atoms with Gasteiger partial charge in [-0.1, -0.05) is 15.9 Å². The number of hydrogen-bond acceptors (Lipinski definition) is 3. The van der Waals surface area contributed by atoms with Crippen LogP contribution in [0.2, 0.25) is 0 Å². The fourth-order valence-electron chi connectivity index (χ4n) is 1.84. The molecule has 110 valence electrons. The Morgan fingerprint density at radius 3 is 2.50 bits per heavy atom. The number of rotatable bonds is 4. The number of nitrogens with one attached hydrogen (secondary N) is 1. The third-order valence-electron chi connectivity index (χ3n) is 2.85. The fourth-order valence-corrected chi connectivity index (χ4v) is 2.20. The first kappa shape index (κ1) is 15.9. The summed E-state index contributed by atoms with van der Waals surface area (Å²) < 4.78 is 13.6. The number of amides is 1. The van der Waals surface area contributed by atoms with E-state index in [1.807, 2.05) is 0 Å². The molecule has 0 saturated carbocycles. The smallest absolute Gasteiger partial charge is 0.238 e. The molecule has 0 radical (unpaired) electrons. The summed E-state index contributed by atoms with van der Waals surface area (Å²) in [5.41, 5.74) is 0.861. The second kappa shape index (κ2) is 6.96. The molecular formula is C16H10BrFN2O2. The van der Waals surface area contributed by atoms with Crippen molar-refractivity contribution in [2.24, 2.45) is 0 Å². The zero-order valence-corrected chi connectivity index (χ0v) is 12.9. The van der Waals surface area contributed by atoms with E-state index in [2.05, 4.69) is 21.2 Å². The highest BCUT2D eigenvalue weighted by molar-refractivity contribution is 9.10. The van der Waals surface area contributed by atoms with E-state index < -0.39 is 11.7 Å². The number of benzene rings is 2. The molecule has 0 aliphatic carbocycles. The highest BCUT2D eigenvalue weighted by Gasteiger charge is 2.16. The molecule has 6 heteroatoms. The van der Waals surface area contributed by atoms with Gasteiger partial charge >= 0.3 is 0 Å². The minimum absolute atomic E-state index is 0.257. The fraction of sp³-hybridized carbons (Fsp3) is 0.0625. The van der Waals surface area contributed by atoms with Crippen LogP contribution in [-0.4, -0.2) is 11.7 Å². The second-order valence-corrected chi connectivity index (χ2v) is 5.32.